The smallest absolute Gasteiger partial charge is 0.381 e. The van der Waals surface area contributed by atoms with Crippen LogP contribution in [0.3, 0.4) is 0 Å². The van der Waals surface area contributed by atoms with Crippen LogP contribution in [0.2, 0.25) is 0 Å². The van der Waals surface area contributed by atoms with Crippen molar-refractivity contribution in [3.05, 3.63) is 10.1 Å². The van der Waals surface area contributed by atoms with Gasteiger partial charge >= 0.3 is 12.0 Å². The zero-order valence-electron chi connectivity index (χ0n) is 9.68. The summed E-state index contributed by atoms with van der Waals surface area (Å²) >= 11 is 0. The average molecular weight is 244 g/mol. The molecule has 0 radical (unpaired) electrons. The van der Waals surface area contributed by atoms with E-state index < -0.39 is 16.9 Å². The van der Waals surface area contributed by atoms with E-state index in [4.69, 9.17) is 0 Å². The zero-order valence-corrected chi connectivity index (χ0v) is 9.68. The Hall–Kier alpha value is -1.66. The van der Waals surface area contributed by atoms with E-state index in [1.54, 1.807) is 0 Å². The Balaban J connectivity index is 2.62. The van der Waals surface area contributed by atoms with Crippen molar-refractivity contribution in [2.75, 3.05) is 7.11 Å². The number of methoxy groups -OCH3 is 1. The van der Waals surface area contributed by atoms with Crippen LogP contribution in [0.25, 0.3) is 0 Å². The molecule has 96 valence electrons. The summed E-state index contributed by atoms with van der Waals surface area (Å²) in [5, 5.41) is 13.4. The maximum Gasteiger partial charge on any atom is 0.381 e. The first kappa shape index (κ1) is 13.4. The molecule has 0 aromatic rings. The number of ether oxygens (including phenoxy) is 1. The number of rotatable bonds is 4. The number of nitro groups is 1. The molecule has 0 aromatic heterocycles. The van der Waals surface area contributed by atoms with Crippen LogP contribution in [-0.4, -0.2) is 36.0 Å². The fraction of sp³-hybridized carbons (Fsp3) is 0.800. The maximum atomic E-state index is 11.3. The minimum Gasteiger partial charge on any atom is -0.464 e. The number of amides is 1. The van der Waals surface area contributed by atoms with Crippen LogP contribution in [0.5, 0.6) is 0 Å². The fourth-order valence-electron chi connectivity index (χ4n) is 1.90. The Morgan fingerprint density at radius 2 is 2.35 bits per heavy atom. The first-order chi connectivity index (χ1) is 8.04. The van der Waals surface area contributed by atoms with E-state index in [1.807, 2.05) is 0 Å². The minimum absolute atomic E-state index is 0.00852. The number of carbonyl (C=O) groups excluding carboxylic acids is 2. The number of esters is 1. The van der Waals surface area contributed by atoms with Gasteiger partial charge in [0.1, 0.15) is 0 Å². The van der Waals surface area contributed by atoms with Crippen LogP contribution >= 0.6 is 0 Å². The predicted molar refractivity (Wildman–Crippen MR) is 57.8 cm³/mol. The first-order valence-corrected chi connectivity index (χ1v) is 5.55. The first-order valence-electron chi connectivity index (χ1n) is 5.55. The van der Waals surface area contributed by atoms with Crippen molar-refractivity contribution in [2.24, 2.45) is 0 Å². The summed E-state index contributed by atoms with van der Waals surface area (Å²) in [5.41, 5.74) is 0. The second kappa shape index (κ2) is 6.17. The topological polar surface area (TPSA) is 98.5 Å². The highest BCUT2D eigenvalue weighted by Crippen LogP contribution is 2.15. The molecule has 0 spiro atoms. The standard InChI is InChI=1S/C10H16N2O5/c1-17-10(14)8(12(15)16)6-7-4-2-3-5-9(13)11-7/h7-8H,2-6H2,1H3,(H,11,13). The van der Waals surface area contributed by atoms with Crippen LogP contribution in [-0.2, 0) is 14.3 Å². The van der Waals surface area contributed by atoms with Crippen LogP contribution in [0.4, 0.5) is 0 Å². The van der Waals surface area contributed by atoms with E-state index in [0.717, 1.165) is 20.0 Å². The van der Waals surface area contributed by atoms with Crippen LogP contribution < -0.4 is 5.32 Å². The summed E-state index contributed by atoms with van der Waals surface area (Å²) in [6.45, 7) is 0. The molecule has 1 rings (SSSR count). The molecule has 1 amide bonds. The Bertz CT molecular complexity index is 318. The van der Waals surface area contributed by atoms with Crippen LogP contribution in [0.1, 0.15) is 32.1 Å². The van der Waals surface area contributed by atoms with E-state index in [9.17, 15) is 19.7 Å². The molecule has 1 heterocycles. The number of carbonyl (C=O) groups is 2. The second-order valence-corrected chi connectivity index (χ2v) is 4.07. The summed E-state index contributed by atoms with van der Waals surface area (Å²) in [7, 11) is 1.12. The molecule has 0 bridgehead atoms. The Labute approximate surface area is 98.7 Å². The molecular weight excluding hydrogens is 228 g/mol. The number of hydrogen-bond donors (Lipinski definition) is 1. The van der Waals surface area contributed by atoms with Crippen molar-refractivity contribution < 1.29 is 19.2 Å². The summed E-state index contributed by atoms with van der Waals surface area (Å²) in [4.78, 5) is 32.6. The Morgan fingerprint density at radius 1 is 1.65 bits per heavy atom. The van der Waals surface area contributed by atoms with Gasteiger partial charge < -0.3 is 10.1 Å². The fourth-order valence-corrected chi connectivity index (χ4v) is 1.90. The lowest BCUT2D eigenvalue weighted by Crippen LogP contribution is -2.41. The summed E-state index contributed by atoms with van der Waals surface area (Å²) in [5.74, 6) is -0.979. The zero-order chi connectivity index (χ0) is 12.8. The predicted octanol–water partition coefficient (Wildman–Crippen LogP) is 0.254. The molecule has 1 N–H and O–H groups in total. The van der Waals surface area contributed by atoms with Crippen LogP contribution in [0, 0.1) is 10.1 Å². The van der Waals surface area contributed by atoms with Crippen molar-refractivity contribution in [2.45, 2.75) is 44.2 Å². The molecule has 7 heteroatoms. The van der Waals surface area contributed by atoms with Crippen molar-refractivity contribution >= 4 is 11.9 Å². The molecule has 0 aromatic carbocycles. The van der Waals surface area contributed by atoms with Crippen molar-refractivity contribution in [3.8, 4) is 0 Å². The Kier molecular flexibility index (Phi) is 4.86. The second-order valence-electron chi connectivity index (χ2n) is 4.07. The lowest BCUT2D eigenvalue weighted by molar-refractivity contribution is -0.511. The van der Waals surface area contributed by atoms with Gasteiger partial charge in [0.05, 0.1) is 7.11 Å². The number of hydrogen-bond acceptors (Lipinski definition) is 5. The monoisotopic (exact) mass is 244 g/mol. The van der Waals surface area contributed by atoms with Gasteiger partial charge in [-0.05, 0) is 12.8 Å². The van der Waals surface area contributed by atoms with E-state index in [1.165, 1.54) is 0 Å². The lowest BCUT2D eigenvalue weighted by Gasteiger charge is -2.16. The summed E-state index contributed by atoms with van der Waals surface area (Å²) < 4.78 is 4.38. The van der Waals surface area contributed by atoms with E-state index in [-0.39, 0.29) is 18.4 Å². The molecule has 1 saturated heterocycles. The van der Waals surface area contributed by atoms with Crippen molar-refractivity contribution in [1.29, 1.82) is 0 Å². The van der Waals surface area contributed by atoms with Gasteiger partial charge in [-0.15, -0.1) is 0 Å². The van der Waals surface area contributed by atoms with Crippen molar-refractivity contribution in [1.82, 2.24) is 5.32 Å². The minimum atomic E-state index is -1.40. The molecule has 2 atom stereocenters. The van der Waals surface area contributed by atoms with Gasteiger partial charge in [0.15, 0.2) is 0 Å². The lowest BCUT2D eigenvalue weighted by atomic mass is 10.0. The SMILES string of the molecule is COC(=O)C(CC1CCCCC(=O)N1)[N+](=O)[O-]. The van der Waals surface area contributed by atoms with Crippen molar-refractivity contribution in [3.63, 3.8) is 0 Å². The normalized spacial score (nSPS) is 22.2. The Morgan fingerprint density at radius 3 is 2.94 bits per heavy atom. The quantitative estimate of drug-likeness (QED) is 0.434. The third kappa shape index (κ3) is 4.01. The molecule has 1 aliphatic heterocycles. The van der Waals surface area contributed by atoms with Gasteiger partial charge in [0, 0.05) is 23.8 Å². The molecule has 1 fully saturated rings. The molecular formula is C10H16N2O5. The van der Waals surface area contributed by atoms with Gasteiger partial charge in [-0.25, -0.2) is 4.79 Å². The van der Waals surface area contributed by atoms with Gasteiger partial charge in [0.25, 0.3) is 0 Å². The van der Waals surface area contributed by atoms with E-state index in [2.05, 4.69) is 10.1 Å². The maximum absolute atomic E-state index is 11.3. The van der Waals surface area contributed by atoms with Gasteiger partial charge in [-0.3, -0.25) is 14.9 Å². The summed E-state index contributed by atoms with van der Waals surface area (Å²) in [6, 6.07) is -1.72. The molecule has 2 unspecified atom stereocenters. The number of nitrogens with one attached hydrogen (secondary N) is 1. The molecule has 1 aliphatic rings. The highest BCUT2D eigenvalue weighted by molar-refractivity contribution is 5.77. The van der Waals surface area contributed by atoms with Crippen LogP contribution in [0.15, 0.2) is 0 Å². The highest BCUT2D eigenvalue weighted by atomic mass is 16.6. The molecule has 7 nitrogen and oxygen atoms in total. The van der Waals surface area contributed by atoms with Gasteiger partial charge in [0.2, 0.25) is 5.91 Å². The largest absolute Gasteiger partial charge is 0.464 e. The molecule has 0 aliphatic carbocycles. The van der Waals surface area contributed by atoms with Gasteiger partial charge in [-0.2, -0.15) is 0 Å². The average Bonchev–Trinajstić information content (AvgIpc) is 2.49. The third-order valence-electron chi connectivity index (χ3n) is 2.81. The third-order valence-corrected chi connectivity index (χ3v) is 2.81. The molecule has 17 heavy (non-hydrogen) atoms. The molecule has 0 saturated carbocycles. The highest BCUT2D eigenvalue weighted by Gasteiger charge is 2.34. The summed E-state index contributed by atoms with van der Waals surface area (Å²) in [6.07, 6.45) is 2.70. The van der Waals surface area contributed by atoms with Gasteiger partial charge in [-0.1, -0.05) is 6.42 Å². The van der Waals surface area contributed by atoms with E-state index in [0.29, 0.717) is 12.8 Å². The number of nitrogens with zero attached hydrogens (tertiary/aromatic N) is 1. The van der Waals surface area contributed by atoms with E-state index >= 15 is 0 Å².